The van der Waals surface area contributed by atoms with E-state index in [4.69, 9.17) is 9.84 Å². The Morgan fingerprint density at radius 2 is 1.64 bits per heavy atom. The molecule has 0 aliphatic carbocycles. The van der Waals surface area contributed by atoms with Gasteiger partial charge < -0.3 is 9.84 Å². The number of benzene rings is 2. The van der Waals surface area contributed by atoms with Crippen LogP contribution in [0.3, 0.4) is 0 Å². The summed E-state index contributed by atoms with van der Waals surface area (Å²) in [6.45, 7) is 0. The largest absolute Gasteiger partial charge is 0.506 e. The van der Waals surface area contributed by atoms with E-state index in [-0.39, 0.29) is 5.69 Å². The first-order valence-corrected chi connectivity index (χ1v) is 10.2. The molecular weight excluding hydrogens is 400 g/mol. The van der Waals surface area contributed by atoms with Crippen LogP contribution in [0.15, 0.2) is 82.8 Å². The van der Waals surface area contributed by atoms with Crippen molar-refractivity contribution in [3.05, 3.63) is 94.2 Å². The molecule has 0 bridgehead atoms. The van der Waals surface area contributed by atoms with E-state index in [0.29, 0.717) is 11.1 Å². The summed E-state index contributed by atoms with van der Waals surface area (Å²) in [5.41, 5.74) is 1.07. The normalized spacial score (nSPS) is 11.6. The number of carbonyl (C=O) groups is 1. The number of carboxylic acid groups (broad SMARTS) is 1. The van der Waals surface area contributed by atoms with Crippen LogP contribution in [0.2, 0.25) is 0 Å². The number of ether oxygens (including phenoxy) is 1. The number of hydrogen-bond donors (Lipinski definition) is 1. The summed E-state index contributed by atoms with van der Waals surface area (Å²) < 4.78 is 5.02. The monoisotopic (exact) mass is 414 g/mol. The minimum absolute atomic E-state index is 0.0730. The number of nitro benzene ring substituents is 1. The molecule has 0 radical (unpaired) electrons. The highest BCUT2D eigenvalue weighted by atomic mass is 33.1. The zero-order chi connectivity index (χ0) is 19.9. The van der Waals surface area contributed by atoms with Gasteiger partial charge in [-0.15, -0.1) is 0 Å². The molecule has 0 spiro atoms. The number of nitrogens with zero attached hydrogens (tertiary/aromatic N) is 2. The molecule has 0 saturated carbocycles. The lowest BCUT2D eigenvalue weighted by molar-refractivity contribution is -0.384. The van der Waals surface area contributed by atoms with Crippen LogP contribution in [0, 0.1) is 10.1 Å². The Labute approximate surface area is 168 Å². The molecule has 9 heteroatoms. The minimum atomic E-state index is -1.42. The second kappa shape index (κ2) is 9.25. The third-order valence-electron chi connectivity index (χ3n) is 3.67. The number of hydrogen-bond acceptors (Lipinski definition) is 7. The van der Waals surface area contributed by atoms with Crippen LogP contribution in [0.5, 0.6) is 0 Å². The fourth-order valence-electron chi connectivity index (χ4n) is 2.39. The summed E-state index contributed by atoms with van der Waals surface area (Å²) in [6, 6.07) is 18.6. The lowest BCUT2D eigenvalue weighted by Gasteiger charge is -2.17. The summed E-state index contributed by atoms with van der Waals surface area (Å²) in [7, 11) is 3.05. The highest BCUT2D eigenvalue weighted by molar-refractivity contribution is 8.76. The van der Waals surface area contributed by atoms with Crippen molar-refractivity contribution in [2.75, 3.05) is 0 Å². The van der Waals surface area contributed by atoms with E-state index in [1.54, 1.807) is 18.3 Å². The second-order valence-corrected chi connectivity index (χ2v) is 7.74. The van der Waals surface area contributed by atoms with E-state index in [9.17, 15) is 14.9 Å². The average molecular weight is 414 g/mol. The molecular formula is C19H14N2O5S2. The molecule has 0 aliphatic heterocycles. The molecule has 1 unspecified atom stereocenters. The zero-order valence-corrected chi connectivity index (χ0v) is 15.9. The molecule has 7 nitrogen and oxygen atoms in total. The maximum Gasteiger partial charge on any atom is 0.506 e. The van der Waals surface area contributed by atoms with Crippen molar-refractivity contribution < 1.29 is 19.6 Å². The van der Waals surface area contributed by atoms with Gasteiger partial charge >= 0.3 is 6.16 Å². The summed E-state index contributed by atoms with van der Waals surface area (Å²) in [6.07, 6.45) is -0.572. The Kier molecular flexibility index (Phi) is 6.51. The standard InChI is InChI=1S/C19H14N2O5S2/c22-19(23)26-18(13-4-8-15(9-5-13)21(24)25)14-6-10-16(11-7-14)27-28-17-3-1-2-12-20-17/h1-12,18H,(H,22,23). The first-order valence-electron chi connectivity index (χ1n) is 8.02. The molecule has 3 aromatic rings. The van der Waals surface area contributed by atoms with Crippen LogP contribution in [-0.4, -0.2) is 21.2 Å². The molecule has 28 heavy (non-hydrogen) atoms. The first-order chi connectivity index (χ1) is 13.5. The van der Waals surface area contributed by atoms with Crippen molar-refractivity contribution in [3.8, 4) is 0 Å². The smallest absolute Gasteiger partial charge is 0.450 e. The van der Waals surface area contributed by atoms with Gasteiger partial charge in [-0.1, -0.05) is 29.0 Å². The van der Waals surface area contributed by atoms with Crippen LogP contribution in [-0.2, 0) is 4.74 Å². The lowest BCUT2D eigenvalue weighted by Crippen LogP contribution is -2.10. The van der Waals surface area contributed by atoms with Crippen LogP contribution in [0.4, 0.5) is 10.5 Å². The highest BCUT2D eigenvalue weighted by Gasteiger charge is 2.20. The van der Waals surface area contributed by atoms with E-state index in [0.717, 1.165) is 9.92 Å². The van der Waals surface area contributed by atoms with Gasteiger partial charge in [-0.05, 0) is 58.3 Å². The first kappa shape index (κ1) is 19.7. The molecule has 0 aliphatic rings. The molecule has 1 N–H and O–H groups in total. The molecule has 1 atom stereocenters. The third-order valence-corrected chi connectivity index (χ3v) is 5.97. The molecule has 1 heterocycles. The third kappa shape index (κ3) is 5.24. The van der Waals surface area contributed by atoms with Crippen molar-refractivity contribution in [2.45, 2.75) is 16.0 Å². The van der Waals surface area contributed by atoms with Crippen LogP contribution < -0.4 is 0 Å². The van der Waals surface area contributed by atoms with Crippen molar-refractivity contribution in [2.24, 2.45) is 0 Å². The van der Waals surface area contributed by atoms with Gasteiger partial charge in [0.15, 0.2) is 6.10 Å². The van der Waals surface area contributed by atoms with Crippen LogP contribution in [0.25, 0.3) is 0 Å². The number of pyridine rings is 1. The minimum Gasteiger partial charge on any atom is -0.450 e. The van der Waals surface area contributed by atoms with Crippen molar-refractivity contribution in [1.29, 1.82) is 0 Å². The van der Waals surface area contributed by atoms with Gasteiger partial charge in [0.1, 0.15) is 5.03 Å². The zero-order valence-electron chi connectivity index (χ0n) is 14.3. The molecule has 2 aromatic carbocycles. The van der Waals surface area contributed by atoms with Gasteiger partial charge in [-0.2, -0.15) is 0 Å². The number of nitro groups is 1. The van der Waals surface area contributed by atoms with E-state index in [1.807, 2.05) is 30.3 Å². The topological polar surface area (TPSA) is 103 Å². The van der Waals surface area contributed by atoms with Gasteiger partial charge in [0.2, 0.25) is 0 Å². The van der Waals surface area contributed by atoms with E-state index >= 15 is 0 Å². The predicted molar refractivity (Wildman–Crippen MR) is 106 cm³/mol. The Balaban J connectivity index is 1.76. The van der Waals surface area contributed by atoms with Gasteiger partial charge in [-0.3, -0.25) is 10.1 Å². The summed E-state index contributed by atoms with van der Waals surface area (Å²) in [5, 5.41) is 20.8. The predicted octanol–water partition coefficient (Wildman–Crippen LogP) is 5.57. The number of non-ortho nitro benzene ring substituents is 1. The van der Waals surface area contributed by atoms with Crippen molar-refractivity contribution in [1.82, 2.24) is 4.98 Å². The molecule has 0 fully saturated rings. The van der Waals surface area contributed by atoms with Crippen molar-refractivity contribution >= 4 is 33.4 Å². The molecule has 142 valence electrons. The van der Waals surface area contributed by atoms with E-state index < -0.39 is 17.2 Å². The molecule has 0 saturated heterocycles. The SMILES string of the molecule is O=C(O)OC(c1ccc(SSc2ccccn2)cc1)c1ccc([N+](=O)[O-])cc1. The summed E-state index contributed by atoms with van der Waals surface area (Å²) >= 11 is 0. The molecule has 1 aromatic heterocycles. The van der Waals surface area contributed by atoms with Gasteiger partial charge in [0.05, 0.1) is 4.92 Å². The number of aromatic nitrogens is 1. The Bertz CT molecular complexity index is 950. The van der Waals surface area contributed by atoms with Crippen molar-refractivity contribution in [3.63, 3.8) is 0 Å². The Morgan fingerprint density at radius 3 is 2.18 bits per heavy atom. The number of rotatable bonds is 7. The second-order valence-electron chi connectivity index (χ2n) is 5.52. The van der Waals surface area contributed by atoms with Gasteiger partial charge in [0, 0.05) is 23.2 Å². The quantitative estimate of drug-likeness (QED) is 0.231. The van der Waals surface area contributed by atoms with Crippen LogP contribution in [0.1, 0.15) is 17.2 Å². The Morgan fingerprint density at radius 1 is 1.00 bits per heavy atom. The van der Waals surface area contributed by atoms with Gasteiger partial charge in [-0.25, -0.2) is 9.78 Å². The molecule has 3 rings (SSSR count). The maximum absolute atomic E-state index is 11.1. The maximum atomic E-state index is 11.1. The van der Waals surface area contributed by atoms with E-state index in [2.05, 4.69) is 4.98 Å². The lowest BCUT2D eigenvalue weighted by atomic mass is 10.0. The summed E-state index contributed by atoms with van der Waals surface area (Å²) in [4.78, 5) is 26.6. The fourth-order valence-corrected chi connectivity index (χ4v) is 4.23. The fraction of sp³-hybridized carbons (Fsp3) is 0.0526. The summed E-state index contributed by atoms with van der Waals surface area (Å²) in [5.74, 6) is 0. The van der Waals surface area contributed by atoms with Crippen LogP contribution >= 0.6 is 21.6 Å². The molecule has 0 amide bonds. The van der Waals surface area contributed by atoms with Gasteiger partial charge in [0.25, 0.3) is 5.69 Å². The Hall–Kier alpha value is -3.04. The highest BCUT2D eigenvalue weighted by Crippen LogP contribution is 2.37. The average Bonchev–Trinajstić information content (AvgIpc) is 2.72. The van der Waals surface area contributed by atoms with E-state index in [1.165, 1.54) is 45.9 Å².